The van der Waals surface area contributed by atoms with Gasteiger partial charge in [-0.15, -0.1) is 23.5 Å². The monoisotopic (exact) mass is 639 g/mol. The number of allylic oxidation sites excluding steroid dienone is 1. The first-order chi connectivity index (χ1) is 21.1. The number of hydrogen-bond acceptors (Lipinski definition) is 5. The van der Waals surface area contributed by atoms with E-state index in [0.29, 0.717) is 28.7 Å². The van der Waals surface area contributed by atoms with Gasteiger partial charge in [-0.3, -0.25) is 0 Å². The van der Waals surface area contributed by atoms with Crippen molar-refractivity contribution in [3.63, 3.8) is 0 Å². The lowest BCUT2D eigenvalue weighted by Crippen LogP contribution is -2.55. The van der Waals surface area contributed by atoms with E-state index < -0.39 is 5.60 Å². The molecule has 1 heterocycles. The normalized spacial score (nSPS) is 36.0. The number of thioether (sulfide) groups is 2. The van der Waals surface area contributed by atoms with Crippen molar-refractivity contribution >= 4 is 23.5 Å². The number of nitrogens with one attached hydrogen (secondary N) is 1. The Morgan fingerprint density at radius 1 is 0.977 bits per heavy atom. The van der Waals surface area contributed by atoms with Crippen LogP contribution in [0, 0.1) is 34.5 Å². The fraction of sp³-hybridized carbons (Fsp3) is 0.795. The van der Waals surface area contributed by atoms with Crippen LogP contribution in [0.3, 0.4) is 0 Å². The zero-order valence-electron chi connectivity index (χ0n) is 28.6. The highest BCUT2D eigenvalue weighted by Gasteiger charge is 2.64. The summed E-state index contributed by atoms with van der Waals surface area (Å²) in [7, 11) is 0. The molecule has 2 N–H and O–H groups in total. The molecule has 1 aliphatic heterocycles. The van der Waals surface area contributed by atoms with Crippen LogP contribution in [-0.4, -0.2) is 38.9 Å². The highest BCUT2D eigenvalue weighted by Crippen LogP contribution is 2.69. The summed E-state index contributed by atoms with van der Waals surface area (Å²) in [5.41, 5.74) is 2.77. The molecule has 246 valence electrons. The molecule has 1 spiro atoms. The molecule has 1 aromatic rings. The van der Waals surface area contributed by atoms with Crippen molar-refractivity contribution in [3.05, 3.63) is 41.5 Å². The van der Waals surface area contributed by atoms with Gasteiger partial charge in [-0.2, -0.15) is 0 Å². The minimum atomic E-state index is -0.604. The molecule has 4 aliphatic carbocycles. The van der Waals surface area contributed by atoms with Crippen LogP contribution >= 0.6 is 23.5 Å². The van der Waals surface area contributed by atoms with Gasteiger partial charge in [-0.25, -0.2) is 0 Å². The zero-order valence-corrected chi connectivity index (χ0v) is 30.3. The van der Waals surface area contributed by atoms with Gasteiger partial charge in [0.1, 0.15) is 5.75 Å². The molecule has 5 aliphatic rings. The van der Waals surface area contributed by atoms with Crippen LogP contribution in [0.25, 0.3) is 0 Å². The molecular formula is C39H61NO2S2. The van der Waals surface area contributed by atoms with E-state index in [2.05, 4.69) is 101 Å². The van der Waals surface area contributed by atoms with Crippen LogP contribution in [0.2, 0.25) is 0 Å². The number of fused-ring (bicyclic) bond motifs is 5. The highest BCUT2D eigenvalue weighted by atomic mass is 32.2. The third-order valence-electron chi connectivity index (χ3n) is 13.2. The van der Waals surface area contributed by atoms with E-state index in [1.54, 1.807) is 5.57 Å². The molecule has 0 amide bonds. The maximum atomic E-state index is 12.1. The van der Waals surface area contributed by atoms with Gasteiger partial charge < -0.3 is 15.2 Å². The Labute approximate surface area is 277 Å². The van der Waals surface area contributed by atoms with Crippen molar-refractivity contribution in [3.8, 4) is 5.75 Å². The average Bonchev–Trinajstić information content (AvgIpc) is 3.57. The number of hydrogen-bond donors (Lipinski definition) is 2. The molecule has 6 rings (SSSR count). The summed E-state index contributed by atoms with van der Waals surface area (Å²) in [4.78, 5) is 0. The molecule has 0 bridgehead atoms. The van der Waals surface area contributed by atoms with E-state index in [1.165, 1.54) is 49.2 Å². The van der Waals surface area contributed by atoms with Crippen LogP contribution in [-0.2, 0) is 0 Å². The van der Waals surface area contributed by atoms with E-state index in [1.807, 2.05) is 0 Å². The van der Waals surface area contributed by atoms with Crippen LogP contribution in [0.15, 0.2) is 35.9 Å². The standard InChI is InChI=1S/C39H61NO2S2/c1-7-11-35(40-28(8-2)9-3)27-12-10-13-29(24-27)42-21-20-38-18-14-30-31-15-19-39(43-22-23-44-39)26-34(31)36(4,5)25-32(30)33(38)16-17-37(38,6)41/h10,12-13,24,26,28,30-33,35,40-41H,7-9,11,14-23,25H2,1-6H3/t30?,31?,32?,33?,35?,37-,38?/m0/s1. The van der Waals surface area contributed by atoms with E-state index >= 15 is 0 Å². The van der Waals surface area contributed by atoms with Crippen molar-refractivity contribution in [1.82, 2.24) is 5.32 Å². The molecule has 7 atom stereocenters. The second kappa shape index (κ2) is 13.1. The average molecular weight is 640 g/mol. The molecule has 44 heavy (non-hydrogen) atoms. The summed E-state index contributed by atoms with van der Waals surface area (Å²) in [5, 5.41) is 16.0. The maximum Gasteiger partial charge on any atom is 0.119 e. The van der Waals surface area contributed by atoms with Gasteiger partial charge in [0.05, 0.1) is 16.3 Å². The molecule has 4 fully saturated rings. The molecule has 5 heteroatoms. The Morgan fingerprint density at radius 2 is 1.75 bits per heavy atom. The first-order valence-corrected chi connectivity index (χ1v) is 20.3. The van der Waals surface area contributed by atoms with E-state index in [4.69, 9.17) is 4.74 Å². The van der Waals surface area contributed by atoms with Crippen molar-refractivity contribution in [2.45, 2.75) is 140 Å². The van der Waals surface area contributed by atoms with Crippen molar-refractivity contribution in [2.75, 3.05) is 18.1 Å². The molecule has 1 saturated heterocycles. The van der Waals surface area contributed by atoms with Crippen molar-refractivity contribution in [2.24, 2.45) is 34.5 Å². The van der Waals surface area contributed by atoms with Crippen LogP contribution in [0.5, 0.6) is 5.75 Å². The number of benzene rings is 1. The summed E-state index contributed by atoms with van der Waals surface area (Å²) in [5.74, 6) is 6.49. The van der Waals surface area contributed by atoms with Crippen LogP contribution in [0.1, 0.15) is 130 Å². The Hall–Kier alpha value is -0.620. The van der Waals surface area contributed by atoms with Gasteiger partial charge in [-0.05, 0) is 124 Å². The Morgan fingerprint density at radius 3 is 2.48 bits per heavy atom. The molecule has 3 saturated carbocycles. The predicted molar refractivity (Wildman–Crippen MR) is 191 cm³/mol. The summed E-state index contributed by atoms with van der Waals surface area (Å²) in [6, 6.07) is 9.78. The van der Waals surface area contributed by atoms with Gasteiger partial charge in [0.25, 0.3) is 0 Å². The first kappa shape index (κ1) is 33.3. The van der Waals surface area contributed by atoms with E-state index in [0.717, 1.165) is 68.4 Å². The predicted octanol–water partition coefficient (Wildman–Crippen LogP) is 10.2. The van der Waals surface area contributed by atoms with Crippen LogP contribution in [0.4, 0.5) is 0 Å². The summed E-state index contributed by atoms with van der Waals surface area (Å²) in [6.45, 7) is 14.8. The molecular weight excluding hydrogens is 579 g/mol. The summed E-state index contributed by atoms with van der Waals surface area (Å²) < 4.78 is 6.96. The van der Waals surface area contributed by atoms with Gasteiger partial charge in [-0.1, -0.05) is 64.8 Å². The second-order valence-electron chi connectivity index (χ2n) is 16.0. The number of aliphatic hydroxyl groups is 1. The minimum absolute atomic E-state index is 0.0299. The van der Waals surface area contributed by atoms with Crippen LogP contribution < -0.4 is 10.1 Å². The Kier molecular flexibility index (Phi) is 9.92. The topological polar surface area (TPSA) is 41.5 Å². The van der Waals surface area contributed by atoms with Gasteiger partial charge in [0, 0.05) is 29.0 Å². The number of rotatable bonds is 11. The summed E-state index contributed by atoms with van der Waals surface area (Å²) in [6.07, 6.45) is 16.9. The maximum absolute atomic E-state index is 12.1. The second-order valence-corrected chi connectivity index (χ2v) is 19.1. The van der Waals surface area contributed by atoms with E-state index in [9.17, 15) is 5.11 Å². The first-order valence-electron chi connectivity index (χ1n) is 18.3. The lowest BCUT2D eigenvalue weighted by atomic mass is 9.46. The third-order valence-corrected chi connectivity index (χ3v) is 16.6. The molecule has 3 nitrogen and oxygen atoms in total. The summed E-state index contributed by atoms with van der Waals surface area (Å²) >= 11 is 4.44. The quantitative estimate of drug-likeness (QED) is 0.236. The number of ether oxygens (including phenoxy) is 1. The van der Waals surface area contributed by atoms with E-state index in [-0.39, 0.29) is 10.8 Å². The van der Waals surface area contributed by atoms with Gasteiger partial charge in [0.2, 0.25) is 0 Å². The molecule has 1 aromatic carbocycles. The SMILES string of the molecule is CCCC(NC(CC)CC)c1cccc(OCCC23CCC4C5CCC6(C=C5C(C)(C)CC4C2CC[C@]3(C)O)SCCS6)c1. The third kappa shape index (κ3) is 6.08. The fourth-order valence-electron chi connectivity index (χ4n) is 10.8. The van der Waals surface area contributed by atoms with Gasteiger partial charge in [0.15, 0.2) is 0 Å². The minimum Gasteiger partial charge on any atom is -0.494 e. The van der Waals surface area contributed by atoms with Crippen molar-refractivity contribution < 1.29 is 9.84 Å². The molecule has 0 aromatic heterocycles. The lowest BCUT2D eigenvalue weighted by Gasteiger charge is -2.60. The molecule has 0 radical (unpaired) electrons. The fourth-order valence-corrected chi connectivity index (χ4v) is 14.0. The largest absolute Gasteiger partial charge is 0.494 e. The smallest absolute Gasteiger partial charge is 0.119 e. The Balaban J connectivity index is 1.17. The zero-order chi connectivity index (χ0) is 31.2. The van der Waals surface area contributed by atoms with Crippen molar-refractivity contribution in [1.29, 1.82) is 0 Å². The van der Waals surface area contributed by atoms with Gasteiger partial charge >= 0.3 is 0 Å². The Bertz CT molecular complexity index is 1170. The highest BCUT2D eigenvalue weighted by molar-refractivity contribution is 8.21. The molecule has 6 unspecified atom stereocenters. The lowest BCUT2D eigenvalue weighted by molar-refractivity contribution is -0.133.